The van der Waals surface area contributed by atoms with Crippen molar-refractivity contribution in [2.45, 2.75) is 26.8 Å². The molecule has 2 aromatic rings. The van der Waals surface area contributed by atoms with Gasteiger partial charge in [-0.1, -0.05) is 18.5 Å². The number of hydrogen-bond acceptors (Lipinski definition) is 3. The Balaban J connectivity index is 2.85. The third kappa shape index (κ3) is 1.68. The zero-order valence-corrected chi connectivity index (χ0v) is 9.97. The Morgan fingerprint density at radius 3 is 2.53 bits per heavy atom. The first-order chi connectivity index (χ1) is 7.17. The predicted octanol–water partition coefficient (Wildman–Crippen LogP) is 2.72. The highest BCUT2D eigenvalue weighted by Crippen LogP contribution is 2.25. The van der Waals surface area contributed by atoms with Crippen LogP contribution in [-0.4, -0.2) is 19.7 Å². The molecule has 2 aromatic heterocycles. The lowest BCUT2D eigenvalue weighted by Gasteiger charge is -1.98. The largest absolute Gasteiger partial charge is 0.247 e. The topological polar surface area (TPSA) is 43.6 Å². The number of aryl methyl sites for hydroxylation is 2. The summed E-state index contributed by atoms with van der Waals surface area (Å²) in [4.78, 5) is 8.07. The summed E-state index contributed by atoms with van der Waals surface area (Å²) >= 11 is 11.8. The molecule has 0 radical (unpaired) electrons. The van der Waals surface area contributed by atoms with E-state index in [1.54, 1.807) is 4.68 Å². The molecular weight excluding hydrogens is 235 g/mol. The Labute approximate surface area is 97.2 Å². The number of fused-ring (bicyclic) bond motifs is 1. The summed E-state index contributed by atoms with van der Waals surface area (Å²) in [5.74, 6) is 0. The summed E-state index contributed by atoms with van der Waals surface area (Å²) in [6, 6.07) is 0. The van der Waals surface area contributed by atoms with Gasteiger partial charge < -0.3 is 0 Å². The van der Waals surface area contributed by atoms with E-state index >= 15 is 0 Å². The number of rotatable bonds is 2. The molecule has 0 amide bonds. The van der Waals surface area contributed by atoms with Crippen molar-refractivity contribution in [2.24, 2.45) is 0 Å². The van der Waals surface area contributed by atoms with Gasteiger partial charge in [-0.2, -0.15) is 10.1 Å². The molecule has 15 heavy (non-hydrogen) atoms. The van der Waals surface area contributed by atoms with Crippen LogP contribution < -0.4 is 0 Å². The Hall–Kier alpha value is -0.870. The Bertz CT molecular complexity index is 506. The minimum Gasteiger partial charge on any atom is -0.247 e. The van der Waals surface area contributed by atoms with E-state index < -0.39 is 0 Å². The van der Waals surface area contributed by atoms with Crippen molar-refractivity contribution >= 4 is 34.2 Å². The number of halogens is 2. The van der Waals surface area contributed by atoms with Gasteiger partial charge in [0.05, 0.1) is 11.1 Å². The quantitative estimate of drug-likeness (QED) is 0.603. The van der Waals surface area contributed by atoms with Crippen molar-refractivity contribution in [3.63, 3.8) is 0 Å². The summed E-state index contributed by atoms with van der Waals surface area (Å²) in [7, 11) is 0. The van der Waals surface area contributed by atoms with Gasteiger partial charge in [-0.15, -0.1) is 0 Å². The molecule has 0 fully saturated rings. The average molecular weight is 245 g/mol. The first-order valence-electron chi connectivity index (χ1n) is 4.75. The highest BCUT2D eigenvalue weighted by Gasteiger charge is 2.15. The fraction of sp³-hybridized carbons (Fsp3) is 0.444. The van der Waals surface area contributed by atoms with Crippen LogP contribution in [0, 0.1) is 0 Å². The molecule has 0 N–H and O–H groups in total. The van der Waals surface area contributed by atoms with Crippen LogP contribution in [0.2, 0.25) is 10.4 Å². The molecule has 0 saturated heterocycles. The van der Waals surface area contributed by atoms with E-state index in [-0.39, 0.29) is 5.28 Å². The van der Waals surface area contributed by atoms with Gasteiger partial charge in [-0.25, -0.2) is 9.67 Å². The molecule has 0 bridgehead atoms. The summed E-state index contributed by atoms with van der Waals surface area (Å²) < 4.78 is 1.79. The highest BCUT2D eigenvalue weighted by molar-refractivity contribution is 6.35. The number of aromatic nitrogens is 4. The standard InChI is InChI=1S/C9H10Cl2N4/c1-3-5-6-7(10)12-9(11)13-8(6)15(4-2)14-5/h3-4H2,1-2H3. The van der Waals surface area contributed by atoms with E-state index in [0.717, 1.165) is 24.0 Å². The predicted molar refractivity (Wildman–Crippen MR) is 60.4 cm³/mol. The molecule has 0 aromatic carbocycles. The van der Waals surface area contributed by atoms with E-state index in [4.69, 9.17) is 23.2 Å². The van der Waals surface area contributed by atoms with E-state index in [0.29, 0.717) is 10.8 Å². The molecule has 0 unspecified atom stereocenters. The third-order valence-electron chi connectivity index (χ3n) is 2.23. The van der Waals surface area contributed by atoms with Crippen molar-refractivity contribution in [3.05, 3.63) is 16.1 Å². The van der Waals surface area contributed by atoms with Crippen LogP contribution in [-0.2, 0) is 13.0 Å². The second-order valence-electron chi connectivity index (χ2n) is 3.10. The zero-order chi connectivity index (χ0) is 11.0. The van der Waals surface area contributed by atoms with Gasteiger partial charge in [0, 0.05) is 6.54 Å². The Morgan fingerprint density at radius 2 is 1.93 bits per heavy atom. The lowest BCUT2D eigenvalue weighted by molar-refractivity contribution is 0.663. The van der Waals surface area contributed by atoms with Crippen LogP contribution in [0.15, 0.2) is 0 Å². The second-order valence-corrected chi connectivity index (χ2v) is 3.79. The smallest absolute Gasteiger partial charge is 0.225 e. The van der Waals surface area contributed by atoms with Crippen LogP contribution in [0.25, 0.3) is 11.0 Å². The van der Waals surface area contributed by atoms with Crippen LogP contribution in [0.5, 0.6) is 0 Å². The van der Waals surface area contributed by atoms with E-state index in [1.807, 2.05) is 13.8 Å². The molecule has 2 rings (SSSR count). The molecule has 4 nitrogen and oxygen atoms in total. The van der Waals surface area contributed by atoms with Gasteiger partial charge in [0.25, 0.3) is 0 Å². The molecule has 0 aliphatic carbocycles. The molecule has 6 heteroatoms. The van der Waals surface area contributed by atoms with Crippen molar-refractivity contribution in [2.75, 3.05) is 0 Å². The maximum atomic E-state index is 6.03. The summed E-state index contributed by atoms with van der Waals surface area (Å²) in [5, 5.41) is 5.74. The van der Waals surface area contributed by atoms with E-state index in [9.17, 15) is 0 Å². The lowest BCUT2D eigenvalue weighted by atomic mass is 10.2. The second kappa shape index (κ2) is 3.94. The maximum absolute atomic E-state index is 6.03. The van der Waals surface area contributed by atoms with Gasteiger partial charge >= 0.3 is 0 Å². The number of hydrogen-bond donors (Lipinski definition) is 0. The van der Waals surface area contributed by atoms with Gasteiger partial charge in [0.1, 0.15) is 5.15 Å². The summed E-state index contributed by atoms with van der Waals surface area (Å²) in [6.07, 6.45) is 0.800. The highest BCUT2D eigenvalue weighted by atomic mass is 35.5. The molecule has 0 atom stereocenters. The van der Waals surface area contributed by atoms with Crippen LogP contribution >= 0.6 is 23.2 Å². The van der Waals surface area contributed by atoms with Crippen molar-refractivity contribution in [1.29, 1.82) is 0 Å². The monoisotopic (exact) mass is 244 g/mol. The average Bonchev–Trinajstić information content (AvgIpc) is 2.55. The molecular formula is C9H10Cl2N4. The van der Waals surface area contributed by atoms with Crippen LogP contribution in [0.3, 0.4) is 0 Å². The van der Waals surface area contributed by atoms with Gasteiger partial charge in [-0.3, -0.25) is 0 Å². The zero-order valence-electron chi connectivity index (χ0n) is 8.46. The van der Waals surface area contributed by atoms with Crippen molar-refractivity contribution < 1.29 is 0 Å². The van der Waals surface area contributed by atoms with Crippen molar-refractivity contribution in [3.8, 4) is 0 Å². The first-order valence-corrected chi connectivity index (χ1v) is 5.51. The minimum absolute atomic E-state index is 0.157. The normalized spacial score (nSPS) is 11.2. The Kier molecular flexibility index (Phi) is 2.80. The number of nitrogens with zero attached hydrogens (tertiary/aromatic N) is 4. The maximum Gasteiger partial charge on any atom is 0.225 e. The summed E-state index contributed by atoms with van der Waals surface area (Å²) in [5.41, 5.74) is 1.62. The van der Waals surface area contributed by atoms with Crippen molar-refractivity contribution in [1.82, 2.24) is 19.7 Å². The van der Waals surface area contributed by atoms with Crippen LogP contribution in [0.4, 0.5) is 0 Å². The van der Waals surface area contributed by atoms with Gasteiger partial charge in [0.2, 0.25) is 5.28 Å². The molecule has 0 aliphatic heterocycles. The molecule has 0 saturated carbocycles. The summed E-state index contributed by atoms with van der Waals surface area (Å²) in [6.45, 7) is 4.75. The van der Waals surface area contributed by atoms with Gasteiger partial charge in [0.15, 0.2) is 5.65 Å². The fourth-order valence-electron chi connectivity index (χ4n) is 1.54. The Morgan fingerprint density at radius 1 is 1.20 bits per heavy atom. The first kappa shape index (κ1) is 10.6. The van der Waals surface area contributed by atoms with E-state index in [2.05, 4.69) is 15.1 Å². The fourth-order valence-corrected chi connectivity index (χ4v) is 2.02. The lowest BCUT2D eigenvalue weighted by Crippen LogP contribution is -1.98. The molecule has 80 valence electrons. The molecule has 0 spiro atoms. The van der Waals surface area contributed by atoms with Crippen LogP contribution in [0.1, 0.15) is 19.5 Å². The SMILES string of the molecule is CCc1nn(CC)c2nc(Cl)nc(Cl)c12. The van der Waals surface area contributed by atoms with Gasteiger partial charge in [-0.05, 0) is 24.9 Å². The molecule has 2 heterocycles. The third-order valence-corrected chi connectivity index (χ3v) is 2.67. The minimum atomic E-state index is 0.157. The molecule has 0 aliphatic rings. The van der Waals surface area contributed by atoms with E-state index in [1.165, 1.54) is 0 Å².